The predicted octanol–water partition coefficient (Wildman–Crippen LogP) is 3.75. The van der Waals surface area contributed by atoms with Crippen LogP contribution < -0.4 is 0 Å². The van der Waals surface area contributed by atoms with Crippen molar-refractivity contribution in [3.63, 3.8) is 0 Å². The van der Waals surface area contributed by atoms with Crippen molar-refractivity contribution in [3.05, 3.63) is 40.4 Å². The number of rotatable bonds is 0. The van der Waals surface area contributed by atoms with Crippen molar-refractivity contribution in [2.45, 2.75) is 0 Å². The molecule has 2 nitrogen and oxygen atoms in total. The molecule has 0 saturated heterocycles. The van der Waals surface area contributed by atoms with E-state index in [2.05, 4.69) is 20.8 Å². The SMILES string of the molecule is [C-]#[N+]c1ccc2oc(Br)cc2c1. The molecule has 0 aliphatic rings. The summed E-state index contributed by atoms with van der Waals surface area (Å²) in [6, 6.07) is 7.19. The molecular weight excluding hydrogens is 218 g/mol. The molecule has 0 aliphatic heterocycles. The minimum atomic E-state index is 0.635. The minimum absolute atomic E-state index is 0.635. The van der Waals surface area contributed by atoms with Gasteiger partial charge in [-0.2, -0.15) is 0 Å². The van der Waals surface area contributed by atoms with Crippen LogP contribution in [0.1, 0.15) is 0 Å². The van der Waals surface area contributed by atoms with Crippen molar-refractivity contribution >= 4 is 32.6 Å². The van der Waals surface area contributed by atoms with Crippen LogP contribution in [0.25, 0.3) is 15.8 Å². The summed E-state index contributed by atoms with van der Waals surface area (Å²) in [6.45, 7) is 6.81. The van der Waals surface area contributed by atoms with Crippen LogP contribution in [0.4, 0.5) is 5.69 Å². The standard InChI is InChI=1S/C9H4BrNO/c1-11-7-2-3-8-6(4-7)5-9(10)12-8/h2-5H. The van der Waals surface area contributed by atoms with E-state index in [4.69, 9.17) is 11.0 Å². The van der Waals surface area contributed by atoms with Crippen LogP contribution >= 0.6 is 15.9 Å². The lowest BCUT2D eigenvalue weighted by molar-refractivity contribution is 0.587. The van der Waals surface area contributed by atoms with Crippen LogP contribution in [0.3, 0.4) is 0 Å². The topological polar surface area (TPSA) is 17.5 Å². The van der Waals surface area contributed by atoms with E-state index in [-0.39, 0.29) is 0 Å². The zero-order valence-corrected chi connectivity index (χ0v) is 7.63. The van der Waals surface area contributed by atoms with Crippen molar-refractivity contribution in [2.75, 3.05) is 0 Å². The average molecular weight is 222 g/mol. The molecule has 0 N–H and O–H groups in total. The van der Waals surface area contributed by atoms with E-state index in [1.165, 1.54) is 0 Å². The molecule has 1 aromatic heterocycles. The predicted molar refractivity (Wildman–Crippen MR) is 50.2 cm³/mol. The summed E-state index contributed by atoms with van der Waals surface area (Å²) in [5.74, 6) is 0. The molecule has 0 saturated carbocycles. The van der Waals surface area contributed by atoms with Crippen LogP contribution in [0.5, 0.6) is 0 Å². The Kier molecular flexibility index (Phi) is 1.63. The van der Waals surface area contributed by atoms with Gasteiger partial charge in [0, 0.05) is 5.39 Å². The summed E-state index contributed by atoms with van der Waals surface area (Å²) in [7, 11) is 0. The molecule has 0 unspecified atom stereocenters. The lowest BCUT2D eigenvalue weighted by atomic mass is 10.2. The minimum Gasteiger partial charge on any atom is -0.449 e. The second-order valence-corrected chi connectivity index (χ2v) is 3.17. The first kappa shape index (κ1) is 7.38. The molecule has 0 aliphatic carbocycles. The maximum Gasteiger partial charge on any atom is 0.188 e. The summed E-state index contributed by atoms with van der Waals surface area (Å²) in [4.78, 5) is 3.32. The zero-order chi connectivity index (χ0) is 8.55. The molecule has 1 aromatic carbocycles. The lowest BCUT2D eigenvalue weighted by Crippen LogP contribution is -1.61. The van der Waals surface area contributed by atoms with E-state index < -0.39 is 0 Å². The highest BCUT2D eigenvalue weighted by Gasteiger charge is 2.00. The van der Waals surface area contributed by atoms with E-state index in [0.29, 0.717) is 10.4 Å². The van der Waals surface area contributed by atoms with E-state index >= 15 is 0 Å². The summed E-state index contributed by atoms with van der Waals surface area (Å²) in [5.41, 5.74) is 1.44. The molecule has 0 fully saturated rings. The third-order valence-electron chi connectivity index (χ3n) is 1.60. The first-order valence-corrected chi connectivity index (χ1v) is 4.15. The van der Waals surface area contributed by atoms with Crippen molar-refractivity contribution < 1.29 is 4.42 Å². The summed E-state index contributed by atoms with van der Waals surface area (Å²) >= 11 is 3.23. The Balaban J connectivity index is 2.77. The maximum atomic E-state index is 6.81. The molecule has 1 heterocycles. The Hall–Kier alpha value is -1.27. The molecule has 58 valence electrons. The van der Waals surface area contributed by atoms with Crippen molar-refractivity contribution in [3.8, 4) is 0 Å². The Bertz CT molecular complexity index is 467. The Labute approximate surface area is 77.7 Å². The fourth-order valence-corrected chi connectivity index (χ4v) is 1.49. The van der Waals surface area contributed by atoms with Gasteiger partial charge in [0.2, 0.25) is 0 Å². The maximum absolute atomic E-state index is 6.81. The fraction of sp³-hybridized carbons (Fsp3) is 0. The van der Waals surface area contributed by atoms with Gasteiger partial charge in [-0.1, -0.05) is 6.07 Å². The molecule has 2 aromatic rings. The number of hydrogen-bond donors (Lipinski definition) is 0. The number of benzene rings is 1. The van der Waals surface area contributed by atoms with Gasteiger partial charge in [-0.3, -0.25) is 0 Å². The molecule has 0 radical (unpaired) electrons. The van der Waals surface area contributed by atoms with Gasteiger partial charge in [-0.25, -0.2) is 4.85 Å². The molecule has 2 rings (SSSR count). The molecule has 0 atom stereocenters. The number of fused-ring (bicyclic) bond motifs is 1. The van der Waals surface area contributed by atoms with Crippen LogP contribution in [0, 0.1) is 6.57 Å². The molecule has 0 spiro atoms. The van der Waals surface area contributed by atoms with Crippen molar-refractivity contribution in [1.29, 1.82) is 0 Å². The van der Waals surface area contributed by atoms with Gasteiger partial charge in [0.15, 0.2) is 10.4 Å². The number of halogens is 1. The Morgan fingerprint density at radius 3 is 2.92 bits per heavy atom. The average Bonchev–Trinajstić information content (AvgIpc) is 2.43. The zero-order valence-electron chi connectivity index (χ0n) is 6.04. The van der Waals surface area contributed by atoms with Gasteiger partial charge in [0.05, 0.1) is 6.57 Å². The van der Waals surface area contributed by atoms with Crippen LogP contribution in [0.2, 0.25) is 0 Å². The van der Waals surface area contributed by atoms with Gasteiger partial charge in [0.25, 0.3) is 0 Å². The normalized spacial score (nSPS) is 10.0. The summed E-state index contributed by atoms with van der Waals surface area (Å²) in [6.07, 6.45) is 0. The van der Waals surface area contributed by atoms with Crippen LogP contribution in [0.15, 0.2) is 33.4 Å². The van der Waals surface area contributed by atoms with Gasteiger partial charge in [-0.05, 0) is 34.1 Å². The van der Waals surface area contributed by atoms with E-state index in [9.17, 15) is 0 Å². The van der Waals surface area contributed by atoms with Crippen LogP contribution in [-0.4, -0.2) is 0 Å². The monoisotopic (exact) mass is 221 g/mol. The largest absolute Gasteiger partial charge is 0.449 e. The van der Waals surface area contributed by atoms with Gasteiger partial charge in [0.1, 0.15) is 5.58 Å². The van der Waals surface area contributed by atoms with E-state index in [0.717, 1.165) is 11.0 Å². The second kappa shape index (κ2) is 2.65. The lowest BCUT2D eigenvalue weighted by Gasteiger charge is -1.87. The third-order valence-corrected chi connectivity index (χ3v) is 1.99. The number of nitrogens with zero attached hydrogens (tertiary/aromatic N) is 1. The van der Waals surface area contributed by atoms with E-state index in [1.54, 1.807) is 18.2 Å². The Morgan fingerprint density at radius 2 is 2.17 bits per heavy atom. The fourth-order valence-electron chi connectivity index (χ4n) is 1.07. The quantitative estimate of drug-likeness (QED) is 0.620. The second-order valence-electron chi connectivity index (χ2n) is 2.38. The molecular formula is C9H4BrNO. The molecule has 3 heteroatoms. The van der Waals surface area contributed by atoms with Gasteiger partial charge in [-0.15, -0.1) is 0 Å². The van der Waals surface area contributed by atoms with Crippen LogP contribution in [-0.2, 0) is 0 Å². The summed E-state index contributed by atoms with van der Waals surface area (Å²) in [5, 5.41) is 0.954. The molecule has 12 heavy (non-hydrogen) atoms. The molecule has 0 amide bonds. The summed E-state index contributed by atoms with van der Waals surface area (Å²) < 4.78 is 5.98. The first-order valence-electron chi connectivity index (χ1n) is 3.36. The smallest absolute Gasteiger partial charge is 0.188 e. The first-order chi connectivity index (χ1) is 5.79. The van der Waals surface area contributed by atoms with Gasteiger partial charge < -0.3 is 4.42 Å². The third kappa shape index (κ3) is 1.10. The number of hydrogen-bond acceptors (Lipinski definition) is 1. The van der Waals surface area contributed by atoms with Gasteiger partial charge >= 0.3 is 0 Å². The van der Waals surface area contributed by atoms with Crippen molar-refractivity contribution in [1.82, 2.24) is 0 Å². The van der Waals surface area contributed by atoms with Crippen molar-refractivity contribution in [2.24, 2.45) is 0 Å². The molecule has 0 bridgehead atoms. The highest BCUT2D eigenvalue weighted by atomic mass is 79.9. The number of furan rings is 1. The van der Waals surface area contributed by atoms with E-state index in [1.807, 2.05) is 6.07 Å². The highest BCUT2D eigenvalue weighted by molar-refractivity contribution is 9.10. The Morgan fingerprint density at radius 1 is 1.33 bits per heavy atom. The highest BCUT2D eigenvalue weighted by Crippen LogP contribution is 2.26.